The van der Waals surface area contributed by atoms with E-state index >= 15 is 0 Å². The van der Waals surface area contributed by atoms with Gasteiger partial charge >= 0.3 is 6.09 Å². The Kier molecular flexibility index (Phi) is 6.23. The van der Waals surface area contributed by atoms with Crippen molar-refractivity contribution in [2.75, 3.05) is 46.4 Å². The number of benzene rings is 1. The van der Waals surface area contributed by atoms with Crippen LogP contribution in [-0.2, 0) is 14.9 Å². The molecule has 1 aromatic rings. The second kappa shape index (κ2) is 8.45. The van der Waals surface area contributed by atoms with Gasteiger partial charge < -0.3 is 14.4 Å². The Morgan fingerprint density at radius 3 is 2.59 bits per heavy atom. The van der Waals surface area contributed by atoms with Gasteiger partial charge in [0.15, 0.2) is 0 Å². The highest BCUT2D eigenvalue weighted by atomic mass is 32.2. The fraction of sp³-hybridized carbons (Fsp3) is 0.611. The average Bonchev–Trinajstić information content (AvgIpc) is 3.19. The molecule has 9 heteroatoms. The molecule has 3 rings (SSSR count). The van der Waals surface area contributed by atoms with Crippen LogP contribution in [0.2, 0.25) is 0 Å². The van der Waals surface area contributed by atoms with E-state index in [2.05, 4.69) is 0 Å². The van der Waals surface area contributed by atoms with Crippen molar-refractivity contribution in [2.45, 2.75) is 25.8 Å². The zero-order chi connectivity index (χ0) is 19.4. The van der Waals surface area contributed by atoms with Crippen LogP contribution < -0.4 is 4.74 Å². The summed E-state index contributed by atoms with van der Waals surface area (Å²) in [6, 6.07) is 7.39. The minimum absolute atomic E-state index is 0.187. The van der Waals surface area contributed by atoms with Gasteiger partial charge in [-0.25, -0.2) is 4.79 Å². The van der Waals surface area contributed by atoms with Gasteiger partial charge in [0.1, 0.15) is 5.75 Å². The number of hydrogen-bond acceptors (Lipinski definition) is 5. The molecule has 0 bridgehead atoms. The number of amides is 1. The maximum Gasteiger partial charge on any atom is 0.409 e. The predicted octanol–water partition coefficient (Wildman–Crippen LogP) is 1.85. The van der Waals surface area contributed by atoms with Gasteiger partial charge in [-0.05, 0) is 37.5 Å². The fourth-order valence-corrected chi connectivity index (χ4v) is 5.49. The number of piperazine rings is 1. The summed E-state index contributed by atoms with van der Waals surface area (Å²) in [7, 11) is -1.99. The lowest BCUT2D eigenvalue weighted by molar-refractivity contribution is 0.0923. The lowest BCUT2D eigenvalue weighted by Gasteiger charge is -2.36. The van der Waals surface area contributed by atoms with Gasteiger partial charge in [-0.15, -0.1) is 0 Å². The lowest BCUT2D eigenvalue weighted by atomic mass is 10.1. The van der Waals surface area contributed by atoms with Crippen LogP contribution in [0, 0.1) is 0 Å². The molecule has 1 amide bonds. The van der Waals surface area contributed by atoms with E-state index in [-0.39, 0.29) is 25.2 Å². The maximum absolute atomic E-state index is 13.2. The summed E-state index contributed by atoms with van der Waals surface area (Å²) < 4.78 is 39.8. The summed E-state index contributed by atoms with van der Waals surface area (Å²) in [6.07, 6.45) is 1.23. The normalized spacial score (nSPS) is 22.0. The SMILES string of the molecule is CCOC(=O)N1CCN(S(=O)(=O)N2CCCC2c2cccc(OC)c2)CC1. The van der Waals surface area contributed by atoms with Crippen LogP contribution >= 0.6 is 0 Å². The molecular formula is C18H27N3O5S. The minimum Gasteiger partial charge on any atom is -0.497 e. The maximum atomic E-state index is 13.2. The number of ether oxygens (including phenoxy) is 2. The molecule has 2 saturated heterocycles. The van der Waals surface area contributed by atoms with Gasteiger partial charge in [0, 0.05) is 32.7 Å². The zero-order valence-electron chi connectivity index (χ0n) is 15.8. The lowest BCUT2D eigenvalue weighted by Crippen LogP contribution is -2.54. The van der Waals surface area contributed by atoms with E-state index < -0.39 is 10.2 Å². The Morgan fingerprint density at radius 2 is 1.93 bits per heavy atom. The molecule has 0 radical (unpaired) electrons. The van der Waals surface area contributed by atoms with Gasteiger partial charge in [-0.3, -0.25) is 0 Å². The van der Waals surface area contributed by atoms with Crippen molar-refractivity contribution in [1.82, 2.24) is 13.5 Å². The van der Waals surface area contributed by atoms with Crippen molar-refractivity contribution in [1.29, 1.82) is 0 Å². The van der Waals surface area contributed by atoms with Gasteiger partial charge in [0.05, 0.1) is 19.8 Å². The smallest absolute Gasteiger partial charge is 0.409 e. The first-order valence-electron chi connectivity index (χ1n) is 9.30. The van der Waals surface area contributed by atoms with Crippen LogP contribution in [0.15, 0.2) is 24.3 Å². The van der Waals surface area contributed by atoms with E-state index in [4.69, 9.17) is 9.47 Å². The molecule has 0 saturated carbocycles. The van der Waals surface area contributed by atoms with E-state index in [0.29, 0.717) is 26.2 Å². The molecule has 1 unspecified atom stereocenters. The Morgan fingerprint density at radius 1 is 1.19 bits per heavy atom. The summed E-state index contributed by atoms with van der Waals surface area (Å²) in [5.74, 6) is 0.722. The van der Waals surface area contributed by atoms with Crippen molar-refractivity contribution in [2.24, 2.45) is 0 Å². The molecule has 0 aliphatic carbocycles. The molecule has 27 heavy (non-hydrogen) atoms. The average molecular weight is 397 g/mol. The molecule has 1 aromatic carbocycles. The third-order valence-corrected chi connectivity index (χ3v) is 7.12. The van der Waals surface area contributed by atoms with E-state index in [1.165, 1.54) is 4.31 Å². The molecule has 2 aliphatic rings. The number of methoxy groups -OCH3 is 1. The molecule has 8 nitrogen and oxygen atoms in total. The Bertz CT molecular complexity index is 762. The molecule has 0 aromatic heterocycles. The molecule has 1 atom stereocenters. The monoisotopic (exact) mass is 397 g/mol. The fourth-order valence-electron chi connectivity index (χ4n) is 3.66. The van der Waals surface area contributed by atoms with Gasteiger partial charge in [-0.2, -0.15) is 17.0 Å². The van der Waals surface area contributed by atoms with Gasteiger partial charge in [0.25, 0.3) is 10.2 Å². The number of hydrogen-bond donors (Lipinski definition) is 0. The standard InChI is InChI=1S/C18H27N3O5S/c1-3-26-18(22)19-10-12-20(13-11-19)27(23,24)21-9-5-8-17(21)15-6-4-7-16(14-15)25-2/h4,6-7,14,17H,3,5,8-13H2,1-2H3. The van der Waals surface area contributed by atoms with Gasteiger partial charge in [-0.1, -0.05) is 12.1 Å². The topological polar surface area (TPSA) is 79.4 Å². The molecule has 150 valence electrons. The first-order valence-corrected chi connectivity index (χ1v) is 10.7. The Balaban J connectivity index is 1.71. The second-order valence-electron chi connectivity index (χ2n) is 6.64. The quantitative estimate of drug-likeness (QED) is 0.758. The summed E-state index contributed by atoms with van der Waals surface area (Å²) in [5.41, 5.74) is 0.945. The largest absolute Gasteiger partial charge is 0.497 e. The summed E-state index contributed by atoms with van der Waals surface area (Å²) in [6.45, 7) is 3.82. The summed E-state index contributed by atoms with van der Waals surface area (Å²) in [4.78, 5) is 13.4. The highest BCUT2D eigenvalue weighted by Gasteiger charge is 2.40. The van der Waals surface area contributed by atoms with Crippen LogP contribution in [0.1, 0.15) is 31.4 Å². The molecule has 2 fully saturated rings. The van der Waals surface area contributed by atoms with E-state index in [0.717, 1.165) is 24.2 Å². The Labute approximate surface area is 160 Å². The predicted molar refractivity (Wildman–Crippen MR) is 101 cm³/mol. The molecular weight excluding hydrogens is 370 g/mol. The second-order valence-corrected chi connectivity index (χ2v) is 8.52. The summed E-state index contributed by atoms with van der Waals surface area (Å²) in [5, 5.41) is 0. The van der Waals surface area contributed by atoms with Crippen molar-refractivity contribution in [3.8, 4) is 5.75 Å². The van der Waals surface area contributed by atoms with Crippen LogP contribution in [0.4, 0.5) is 4.79 Å². The van der Waals surface area contributed by atoms with Crippen LogP contribution in [0.3, 0.4) is 0 Å². The Hall–Kier alpha value is -1.84. The van der Waals surface area contributed by atoms with Crippen LogP contribution in [-0.4, -0.2) is 74.5 Å². The highest BCUT2D eigenvalue weighted by molar-refractivity contribution is 7.86. The third kappa shape index (κ3) is 4.20. The van der Waals surface area contributed by atoms with Crippen molar-refractivity contribution >= 4 is 16.3 Å². The third-order valence-electron chi connectivity index (χ3n) is 5.07. The van der Waals surface area contributed by atoms with Gasteiger partial charge in [0.2, 0.25) is 0 Å². The number of nitrogens with zero attached hydrogens (tertiary/aromatic N) is 3. The number of carbonyl (C=O) groups excluding carboxylic acids is 1. The first-order chi connectivity index (χ1) is 13.0. The van der Waals surface area contributed by atoms with E-state index in [1.807, 2.05) is 24.3 Å². The molecule has 2 aliphatic heterocycles. The van der Waals surface area contributed by atoms with Crippen LogP contribution in [0.25, 0.3) is 0 Å². The molecule has 0 spiro atoms. The summed E-state index contributed by atoms with van der Waals surface area (Å²) >= 11 is 0. The van der Waals surface area contributed by atoms with Crippen molar-refractivity contribution < 1.29 is 22.7 Å². The van der Waals surface area contributed by atoms with E-state index in [1.54, 1.807) is 23.2 Å². The van der Waals surface area contributed by atoms with E-state index in [9.17, 15) is 13.2 Å². The minimum atomic E-state index is -3.59. The highest BCUT2D eigenvalue weighted by Crippen LogP contribution is 2.36. The zero-order valence-corrected chi connectivity index (χ0v) is 16.7. The number of rotatable bonds is 5. The van der Waals surface area contributed by atoms with Crippen molar-refractivity contribution in [3.63, 3.8) is 0 Å². The number of carbonyl (C=O) groups is 1. The molecule has 2 heterocycles. The molecule has 0 N–H and O–H groups in total. The van der Waals surface area contributed by atoms with Crippen LogP contribution in [0.5, 0.6) is 5.75 Å². The van der Waals surface area contributed by atoms with Crippen molar-refractivity contribution in [3.05, 3.63) is 29.8 Å². The first kappa shape index (κ1) is 19.9.